The Balaban J connectivity index is 1.87. The van der Waals surface area contributed by atoms with Crippen molar-refractivity contribution in [1.82, 2.24) is 14.6 Å². The number of aromatic nitrogens is 2. The van der Waals surface area contributed by atoms with Gasteiger partial charge in [-0.05, 0) is 62.8 Å². The molecule has 0 bridgehead atoms. The first-order valence-electron chi connectivity index (χ1n) is 12.9. The smallest absolute Gasteiger partial charge is 0.130 e. The number of nitrogens with two attached hydrogens (primary N) is 2. The number of hydrogen-bond acceptors (Lipinski definition) is 5. The molecule has 4 N–H and O–H groups in total. The maximum Gasteiger partial charge on any atom is 0.130 e. The molecule has 7 heteroatoms. The highest BCUT2D eigenvalue weighted by molar-refractivity contribution is 6.06. The van der Waals surface area contributed by atoms with Crippen molar-refractivity contribution in [3.63, 3.8) is 0 Å². The molecule has 6 nitrogen and oxygen atoms in total. The molecule has 0 saturated carbocycles. The number of hydrazine groups is 1. The van der Waals surface area contributed by atoms with E-state index in [1.807, 2.05) is 37.4 Å². The largest absolute Gasteiger partial charge is 0.401 e. The summed E-state index contributed by atoms with van der Waals surface area (Å²) in [5, 5.41) is 2.53. The van der Waals surface area contributed by atoms with Crippen molar-refractivity contribution in [2.24, 2.45) is 17.5 Å². The monoisotopic (exact) mass is 501 g/mol. The van der Waals surface area contributed by atoms with E-state index >= 15 is 4.39 Å². The summed E-state index contributed by atoms with van der Waals surface area (Å²) in [5.41, 5.74) is 11.6. The van der Waals surface area contributed by atoms with Gasteiger partial charge in [-0.15, -0.1) is 0 Å². The van der Waals surface area contributed by atoms with E-state index in [2.05, 4.69) is 34.9 Å². The van der Waals surface area contributed by atoms with Gasteiger partial charge in [0.15, 0.2) is 0 Å². The Morgan fingerprint density at radius 3 is 2.43 bits per heavy atom. The minimum Gasteiger partial charge on any atom is -0.401 e. The topological polar surface area (TPSA) is 82.3 Å². The van der Waals surface area contributed by atoms with Gasteiger partial charge < -0.3 is 20.0 Å². The summed E-state index contributed by atoms with van der Waals surface area (Å²) in [6.45, 7) is 6.50. The highest BCUT2D eigenvalue weighted by Gasteiger charge is 2.31. The lowest BCUT2D eigenvalue weighted by atomic mass is 9.86. The minimum atomic E-state index is -1.47. The molecule has 1 saturated heterocycles. The third kappa shape index (κ3) is 4.69. The highest BCUT2D eigenvalue weighted by Crippen LogP contribution is 2.42. The molecule has 0 radical (unpaired) electrons. The Kier molecular flexibility index (Phi) is 6.68. The molecule has 5 rings (SSSR count). The SMILES string of the molecule is C/C(N)=C(\c1cnc2c3ccc(C(C)(C)F)cc3n(C(c3ccccc3)C3CCOCC3)c2c1)N(C)N. The van der Waals surface area contributed by atoms with Crippen LogP contribution in [0.2, 0.25) is 0 Å². The molecule has 3 heterocycles. The summed E-state index contributed by atoms with van der Waals surface area (Å²) in [5.74, 6) is 6.52. The highest BCUT2D eigenvalue weighted by atomic mass is 19.1. The van der Waals surface area contributed by atoms with E-state index in [4.69, 9.17) is 21.3 Å². The lowest BCUT2D eigenvalue weighted by molar-refractivity contribution is 0.0553. The summed E-state index contributed by atoms with van der Waals surface area (Å²) in [7, 11) is 1.77. The van der Waals surface area contributed by atoms with Crippen molar-refractivity contribution in [3.8, 4) is 0 Å². The van der Waals surface area contributed by atoms with Crippen LogP contribution in [0.15, 0.2) is 66.5 Å². The number of allylic oxidation sites excluding steroid dienone is 1. The average Bonchev–Trinajstić information content (AvgIpc) is 3.18. The maximum absolute atomic E-state index is 15.2. The molecular weight excluding hydrogens is 465 g/mol. The Labute approximate surface area is 217 Å². The standard InChI is InChI=1S/C30H36FN5O/c1-19(32)28(35(4)33)22-16-26-27(34-18-22)24-11-10-23(30(2,3)31)17-25(24)36(26)29(20-8-6-5-7-9-20)21-12-14-37-15-13-21/h5-11,16-18,21,29H,12-15,32-33H2,1-4H3/b28-19-. The molecule has 0 amide bonds. The Morgan fingerprint density at radius 2 is 1.81 bits per heavy atom. The van der Waals surface area contributed by atoms with Crippen LogP contribution in [0.25, 0.3) is 27.6 Å². The van der Waals surface area contributed by atoms with Crippen molar-refractivity contribution in [3.05, 3.63) is 83.2 Å². The Morgan fingerprint density at radius 1 is 1.11 bits per heavy atom. The third-order valence-electron chi connectivity index (χ3n) is 7.46. The molecule has 2 aromatic heterocycles. The second kappa shape index (κ2) is 9.80. The summed E-state index contributed by atoms with van der Waals surface area (Å²) in [6, 6.07) is 18.6. The molecule has 1 atom stereocenters. The fourth-order valence-corrected chi connectivity index (χ4v) is 5.73. The normalized spacial score (nSPS) is 16.7. The molecule has 2 aromatic carbocycles. The van der Waals surface area contributed by atoms with E-state index in [9.17, 15) is 0 Å². The number of nitrogens with zero attached hydrogens (tertiary/aromatic N) is 3. The van der Waals surface area contributed by atoms with Crippen LogP contribution in [0, 0.1) is 5.92 Å². The fraction of sp³-hybridized carbons (Fsp3) is 0.367. The van der Waals surface area contributed by atoms with Gasteiger partial charge in [-0.2, -0.15) is 0 Å². The van der Waals surface area contributed by atoms with Gasteiger partial charge in [0.2, 0.25) is 0 Å². The van der Waals surface area contributed by atoms with Gasteiger partial charge >= 0.3 is 0 Å². The summed E-state index contributed by atoms with van der Waals surface area (Å²) >= 11 is 0. The first kappa shape index (κ1) is 25.2. The molecule has 194 valence electrons. The van der Waals surface area contributed by atoms with Crippen LogP contribution in [0.4, 0.5) is 4.39 Å². The van der Waals surface area contributed by atoms with Crippen LogP contribution in [-0.2, 0) is 10.4 Å². The zero-order chi connectivity index (χ0) is 26.3. The lowest BCUT2D eigenvalue weighted by Crippen LogP contribution is -2.27. The molecule has 1 fully saturated rings. The number of fused-ring (bicyclic) bond motifs is 3. The second-order valence-electron chi connectivity index (χ2n) is 10.6. The Bertz CT molecular complexity index is 1440. The first-order valence-corrected chi connectivity index (χ1v) is 12.9. The van der Waals surface area contributed by atoms with Gasteiger partial charge in [0.05, 0.1) is 28.3 Å². The van der Waals surface area contributed by atoms with Crippen LogP contribution in [0.5, 0.6) is 0 Å². The second-order valence-corrected chi connectivity index (χ2v) is 10.6. The molecular formula is C30H36FN5O. The van der Waals surface area contributed by atoms with Crippen molar-refractivity contribution in [2.75, 3.05) is 20.3 Å². The zero-order valence-corrected chi connectivity index (χ0v) is 22.0. The molecule has 1 aliphatic heterocycles. The van der Waals surface area contributed by atoms with E-state index in [1.54, 1.807) is 20.9 Å². The van der Waals surface area contributed by atoms with Gasteiger partial charge in [0, 0.05) is 43.1 Å². The first-order chi connectivity index (χ1) is 17.7. The van der Waals surface area contributed by atoms with Gasteiger partial charge in [-0.1, -0.05) is 42.5 Å². The lowest BCUT2D eigenvalue weighted by Gasteiger charge is -2.33. The van der Waals surface area contributed by atoms with Gasteiger partial charge in [-0.3, -0.25) is 4.98 Å². The van der Waals surface area contributed by atoms with E-state index in [0.29, 0.717) is 17.2 Å². The van der Waals surface area contributed by atoms with E-state index in [1.165, 1.54) is 10.6 Å². The van der Waals surface area contributed by atoms with Crippen molar-refractivity contribution in [2.45, 2.75) is 45.3 Å². The predicted octanol–water partition coefficient (Wildman–Crippen LogP) is 5.86. The van der Waals surface area contributed by atoms with Gasteiger partial charge in [0.1, 0.15) is 5.67 Å². The van der Waals surface area contributed by atoms with Crippen LogP contribution >= 0.6 is 0 Å². The molecule has 37 heavy (non-hydrogen) atoms. The van der Waals surface area contributed by atoms with E-state index in [-0.39, 0.29) is 6.04 Å². The van der Waals surface area contributed by atoms with Crippen molar-refractivity contribution >= 4 is 27.6 Å². The predicted molar refractivity (Wildman–Crippen MR) is 148 cm³/mol. The van der Waals surface area contributed by atoms with E-state index in [0.717, 1.165) is 59.3 Å². The molecule has 4 aromatic rings. The zero-order valence-electron chi connectivity index (χ0n) is 22.0. The summed E-state index contributed by atoms with van der Waals surface area (Å²) < 4.78 is 23.3. The third-order valence-corrected chi connectivity index (χ3v) is 7.46. The molecule has 1 unspecified atom stereocenters. The molecule has 0 spiro atoms. The van der Waals surface area contributed by atoms with Crippen LogP contribution in [-0.4, -0.2) is 34.8 Å². The quantitative estimate of drug-likeness (QED) is 0.255. The summed E-state index contributed by atoms with van der Waals surface area (Å²) in [4.78, 5) is 4.92. The van der Waals surface area contributed by atoms with Crippen LogP contribution in [0.1, 0.15) is 56.3 Å². The number of halogens is 1. The van der Waals surface area contributed by atoms with Crippen molar-refractivity contribution in [1.29, 1.82) is 0 Å². The van der Waals surface area contributed by atoms with Crippen molar-refractivity contribution < 1.29 is 9.13 Å². The fourth-order valence-electron chi connectivity index (χ4n) is 5.73. The average molecular weight is 502 g/mol. The maximum atomic E-state index is 15.2. The number of hydrogen-bond donors (Lipinski definition) is 2. The molecule has 0 aliphatic carbocycles. The molecule has 1 aliphatic rings. The van der Waals surface area contributed by atoms with Crippen LogP contribution in [0.3, 0.4) is 0 Å². The van der Waals surface area contributed by atoms with Gasteiger partial charge in [0.25, 0.3) is 0 Å². The van der Waals surface area contributed by atoms with Gasteiger partial charge in [-0.25, -0.2) is 10.2 Å². The number of benzene rings is 2. The number of pyridine rings is 1. The Hall–Kier alpha value is -3.42. The number of alkyl halides is 1. The minimum absolute atomic E-state index is 0.0298. The summed E-state index contributed by atoms with van der Waals surface area (Å²) in [6.07, 6.45) is 3.71. The number of ether oxygens (including phenoxy) is 1. The van der Waals surface area contributed by atoms with Crippen LogP contribution < -0.4 is 11.6 Å². The number of rotatable bonds is 6. The van der Waals surface area contributed by atoms with E-state index < -0.39 is 5.67 Å².